The van der Waals surface area contributed by atoms with Gasteiger partial charge in [-0.2, -0.15) is 13.2 Å². The van der Waals surface area contributed by atoms with Crippen molar-refractivity contribution in [2.45, 2.75) is 31.5 Å². The van der Waals surface area contributed by atoms with E-state index in [4.69, 9.17) is 4.74 Å². The van der Waals surface area contributed by atoms with Crippen LogP contribution in [0.2, 0.25) is 0 Å². The molecule has 0 amide bonds. The summed E-state index contributed by atoms with van der Waals surface area (Å²) in [5, 5.41) is 3.29. The number of thiazole rings is 1. The van der Waals surface area contributed by atoms with E-state index in [9.17, 15) is 13.2 Å². The van der Waals surface area contributed by atoms with Crippen LogP contribution in [0.25, 0.3) is 0 Å². The first-order valence-corrected chi connectivity index (χ1v) is 7.76. The van der Waals surface area contributed by atoms with Gasteiger partial charge in [0.25, 0.3) is 0 Å². The SMILES string of the molecule is COC1CCCc2nc(Nc3ccccc3C(F)(F)F)sc21. The molecule has 22 heavy (non-hydrogen) atoms. The first-order valence-electron chi connectivity index (χ1n) is 6.94. The van der Waals surface area contributed by atoms with Crippen molar-refractivity contribution in [1.29, 1.82) is 0 Å². The van der Waals surface area contributed by atoms with Gasteiger partial charge in [-0.3, -0.25) is 0 Å². The number of halogens is 3. The number of alkyl halides is 3. The number of para-hydroxylation sites is 1. The minimum absolute atomic E-state index is 0.00494. The Morgan fingerprint density at radius 1 is 1.32 bits per heavy atom. The monoisotopic (exact) mass is 328 g/mol. The van der Waals surface area contributed by atoms with Gasteiger partial charge in [0, 0.05) is 7.11 Å². The van der Waals surface area contributed by atoms with E-state index in [-0.39, 0.29) is 11.8 Å². The summed E-state index contributed by atoms with van der Waals surface area (Å²) in [7, 11) is 1.64. The molecule has 1 aromatic carbocycles. The van der Waals surface area contributed by atoms with Gasteiger partial charge in [0.2, 0.25) is 0 Å². The molecule has 1 aromatic heterocycles. The van der Waals surface area contributed by atoms with Crippen LogP contribution >= 0.6 is 11.3 Å². The molecule has 118 valence electrons. The molecular weight excluding hydrogens is 313 g/mol. The number of hydrogen-bond donors (Lipinski definition) is 1. The Kier molecular flexibility index (Phi) is 4.10. The minimum Gasteiger partial charge on any atom is -0.376 e. The number of nitrogens with zero attached hydrogens (tertiary/aromatic N) is 1. The number of ether oxygens (including phenoxy) is 1. The molecule has 1 heterocycles. The molecule has 1 aliphatic carbocycles. The van der Waals surface area contributed by atoms with Crippen LogP contribution in [0.5, 0.6) is 0 Å². The molecule has 3 rings (SSSR count). The van der Waals surface area contributed by atoms with Crippen LogP contribution in [0.15, 0.2) is 24.3 Å². The number of methoxy groups -OCH3 is 1. The lowest BCUT2D eigenvalue weighted by atomic mass is 10.0. The van der Waals surface area contributed by atoms with Gasteiger partial charge in [0.15, 0.2) is 5.13 Å². The number of aromatic nitrogens is 1. The molecule has 0 spiro atoms. The number of aryl methyl sites for hydroxylation is 1. The molecule has 1 atom stereocenters. The Labute approximate surface area is 130 Å². The van der Waals surface area contributed by atoms with Gasteiger partial charge in [0.1, 0.15) is 0 Å². The number of fused-ring (bicyclic) bond motifs is 1. The summed E-state index contributed by atoms with van der Waals surface area (Å²) >= 11 is 1.37. The number of nitrogens with one attached hydrogen (secondary N) is 1. The fourth-order valence-electron chi connectivity index (χ4n) is 2.61. The lowest BCUT2D eigenvalue weighted by Crippen LogP contribution is -2.09. The molecule has 3 nitrogen and oxygen atoms in total. The van der Waals surface area contributed by atoms with Crippen LogP contribution in [-0.4, -0.2) is 12.1 Å². The first-order chi connectivity index (χ1) is 10.5. The zero-order valence-electron chi connectivity index (χ0n) is 11.9. The maximum Gasteiger partial charge on any atom is 0.418 e. The van der Waals surface area contributed by atoms with Gasteiger partial charge in [-0.15, -0.1) is 0 Å². The number of hydrogen-bond acceptors (Lipinski definition) is 4. The molecule has 0 saturated heterocycles. The van der Waals surface area contributed by atoms with Crippen molar-refractivity contribution in [3.05, 3.63) is 40.4 Å². The fraction of sp³-hybridized carbons (Fsp3) is 0.400. The van der Waals surface area contributed by atoms with Gasteiger partial charge in [0.05, 0.1) is 27.9 Å². The van der Waals surface area contributed by atoms with E-state index < -0.39 is 11.7 Å². The average Bonchev–Trinajstić information content (AvgIpc) is 2.88. The Balaban J connectivity index is 1.91. The third-order valence-corrected chi connectivity index (χ3v) is 4.76. The molecule has 0 aliphatic heterocycles. The smallest absolute Gasteiger partial charge is 0.376 e. The lowest BCUT2D eigenvalue weighted by molar-refractivity contribution is -0.136. The lowest BCUT2D eigenvalue weighted by Gasteiger charge is -2.18. The summed E-state index contributed by atoms with van der Waals surface area (Å²) in [5.74, 6) is 0. The predicted octanol–water partition coefficient (Wildman–Crippen LogP) is 4.93. The van der Waals surface area contributed by atoms with E-state index in [1.165, 1.54) is 23.5 Å². The van der Waals surface area contributed by atoms with E-state index >= 15 is 0 Å². The highest BCUT2D eigenvalue weighted by molar-refractivity contribution is 7.15. The molecule has 7 heteroatoms. The summed E-state index contributed by atoms with van der Waals surface area (Å²) in [6.07, 6.45) is -1.66. The Morgan fingerprint density at radius 2 is 2.09 bits per heavy atom. The standard InChI is InChI=1S/C15H15F3N2OS/c1-21-12-8-4-7-11-13(12)22-14(20-11)19-10-6-3-2-5-9(10)15(16,17)18/h2-3,5-6,12H,4,7-8H2,1H3,(H,19,20). The summed E-state index contributed by atoms with van der Waals surface area (Å²) in [4.78, 5) is 5.44. The maximum atomic E-state index is 13.0. The molecule has 0 fully saturated rings. The fourth-order valence-corrected chi connectivity index (χ4v) is 3.75. The van der Waals surface area contributed by atoms with Crippen molar-refractivity contribution < 1.29 is 17.9 Å². The van der Waals surface area contributed by atoms with Crippen LogP contribution in [0.4, 0.5) is 24.0 Å². The van der Waals surface area contributed by atoms with Crippen LogP contribution < -0.4 is 5.32 Å². The molecule has 2 aromatic rings. The second kappa shape index (κ2) is 5.89. The van der Waals surface area contributed by atoms with Crippen molar-refractivity contribution in [3.63, 3.8) is 0 Å². The van der Waals surface area contributed by atoms with Crippen molar-refractivity contribution in [2.24, 2.45) is 0 Å². The Bertz CT molecular complexity index is 669. The summed E-state index contributed by atoms with van der Waals surface area (Å²) < 4.78 is 44.5. The highest BCUT2D eigenvalue weighted by Crippen LogP contribution is 2.40. The van der Waals surface area contributed by atoms with E-state index in [1.54, 1.807) is 13.2 Å². The van der Waals surface area contributed by atoms with Gasteiger partial charge >= 0.3 is 6.18 Å². The van der Waals surface area contributed by atoms with Crippen LogP contribution in [0.1, 0.15) is 35.1 Å². The van der Waals surface area contributed by atoms with Crippen LogP contribution in [-0.2, 0) is 17.3 Å². The summed E-state index contributed by atoms with van der Waals surface area (Å²) in [6, 6.07) is 5.43. The highest BCUT2D eigenvalue weighted by atomic mass is 32.1. The largest absolute Gasteiger partial charge is 0.418 e. The second-order valence-corrected chi connectivity index (χ2v) is 6.15. The van der Waals surface area contributed by atoms with Crippen LogP contribution in [0.3, 0.4) is 0 Å². The van der Waals surface area contributed by atoms with Gasteiger partial charge < -0.3 is 10.1 Å². The number of benzene rings is 1. The molecule has 1 aliphatic rings. The van der Waals surface area contributed by atoms with E-state index in [0.29, 0.717) is 5.13 Å². The number of anilines is 2. The normalized spacial score (nSPS) is 18.1. The van der Waals surface area contributed by atoms with E-state index in [2.05, 4.69) is 10.3 Å². The Hall–Kier alpha value is -1.60. The summed E-state index contributed by atoms with van der Waals surface area (Å²) in [5.41, 5.74) is 0.261. The van der Waals surface area contributed by atoms with Gasteiger partial charge in [-0.1, -0.05) is 23.5 Å². The maximum absolute atomic E-state index is 13.0. The van der Waals surface area contributed by atoms with Crippen LogP contribution in [0, 0.1) is 0 Å². The van der Waals surface area contributed by atoms with Gasteiger partial charge in [-0.25, -0.2) is 4.98 Å². The molecular formula is C15H15F3N2OS. The molecule has 1 unspecified atom stereocenters. The predicted molar refractivity (Wildman–Crippen MR) is 79.5 cm³/mol. The second-order valence-electron chi connectivity index (χ2n) is 5.11. The third-order valence-electron chi connectivity index (χ3n) is 3.66. The summed E-state index contributed by atoms with van der Waals surface area (Å²) in [6.45, 7) is 0. The third kappa shape index (κ3) is 2.96. The number of rotatable bonds is 3. The molecule has 0 bridgehead atoms. The highest BCUT2D eigenvalue weighted by Gasteiger charge is 2.33. The first kappa shape index (κ1) is 15.3. The van der Waals surface area contributed by atoms with Crippen molar-refractivity contribution >= 4 is 22.2 Å². The van der Waals surface area contributed by atoms with Crippen molar-refractivity contribution in [2.75, 3.05) is 12.4 Å². The Morgan fingerprint density at radius 3 is 2.82 bits per heavy atom. The zero-order chi connectivity index (χ0) is 15.7. The van der Waals surface area contributed by atoms with E-state index in [0.717, 1.165) is 35.9 Å². The molecule has 0 radical (unpaired) electrons. The molecule has 0 saturated carbocycles. The molecule has 1 N–H and O–H groups in total. The van der Waals surface area contributed by atoms with Gasteiger partial charge in [-0.05, 0) is 31.4 Å². The van der Waals surface area contributed by atoms with E-state index in [1.807, 2.05) is 0 Å². The quantitative estimate of drug-likeness (QED) is 0.867. The zero-order valence-corrected chi connectivity index (χ0v) is 12.7. The topological polar surface area (TPSA) is 34.1 Å². The van der Waals surface area contributed by atoms with Crippen molar-refractivity contribution in [1.82, 2.24) is 4.98 Å². The van der Waals surface area contributed by atoms with Crippen molar-refractivity contribution in [3.8, 4) is 0 Å². The minimum atomic E-state index is -4.39. The average molecular weight is 328 g/mol.